The van der Waals surface area contributed by atoms with Crippen LogP contribution in [0, 0.1) is 36.0 Å². The molecule has 2 aliphatic heterocycles. The molecule has 17 heteroatoms. The number of thiophene rings is 1. The van der Waals surface area contributed by atoms with Gasteiger partial charge in [-0.3, -0.25) is 28.8 Å². The minimum Gasteiger partial charge on any atom is -0.508 e. The van der Waals surface area contributed by atoms with E-state index in [2.05, 4.69) is 4.74 Å². The van der Waals surface area contributed by atoms with Gasteiger partial charge in [0, 0.05) is 39.9 Å². The Bertz CT molecular complexity index is 3180. The molecular formula is C51H42ClF3N4O8S. The minimum absolute atomic E-state index is 0.0359. The Labute approximate surface area is 396 Å². The second-order valence-corrected chi connectivity index (χ2v) is 19.2. The molecule has 1 N–H and O–H groups in total. The topological polar surface area (TPSA) is 140 Å². The first-order chi connectivity index (χ1) is 32.4. The first-order valence-electron chi connectivity index (χ1n) is 21.7. The number of halogens is 4. The molecule has 6 atom stereocenters. The van der Waals surface area contributed by atoms with Crippen molar-refractivity contribution >= 4 is 80.3 Å². The summed E-state index contributed by atoms with van der Waals surface area (Å²) in [6.07, 6.45) is 0.401. The van der Waals surface area contributed by atoms with Crippen LogP contribution in [-0.4, -0.2) is 59.1 Å². The van der Waals surface area contributed by atoms with Crippen molar-refractivity contribution in [3.05, 3.63) is 124 Å². The number of carbonyl (C=O) groups excluding carboxylic acids is 4. The smallest absolute Gasteiger partial charge is 0.508 e. The number of fused-ring (bicyclic) bond motifs is 5. The van der Waals surface area contributed by atoms with E-state index < -0.39 is 76.5 Å². The van der Waals surface area contributed by atoms with Crippen molar-refractivity contribution in [3.63, 3.8) is 0 Å². The van der Waals surface area contributed by atoms with Gasteiger partial charge in [-0.2, -0.15) is 5.10 Å². The molecule has 4 aromatic carbocycles. The van der Waals surface area contributed by atoms with E-state index in [9.17, 15) is 27.9 Å². The van der Waals surface area contributed by atoms with Crippen LogP contribution in [0.3, 0.4) is 0 Å². The van der Waals surface area contributed by atoms with E-state index in [0.29, 0.717) is 33.5 Å². The van der Waals surface area contributed by atoms with Crippen molar-refractivity contribution in [2.45, 2.75) is 39.0 Å². The summed E-state index contributed by atoms with van der Waals surface area (Å²) < 4.78 is 58.6. The highest BCUT2D eigenvalue weighted by atomic mass is 35.5. The van der Waals surface area contributed by atoms with E-state index in [1.807, 2.05) is 37.3 Å². The van der Waals surface area contributed by atoms with Gasteiger partial charge in [-0.15, -0.1) is 24.5 Å². The highest BCUT2D eigenvalue weighted by Crippen LogP contribution is 2.65. The maximum atomic E-state index is 15.3. The second kappa shape index (κ2) is 16.4. The van der Waals surface area contributed by atoms with Gasteiger partial charge in [0.1, 0.15) is 34.5 Å². The Morgan fingerprint density at radius 2 is 1.62 bits per heavy atom. The molecule has 348 valence electrons. The third-order valence-corrected chi connectivity index (χ3v) is 15.6. The molecule has 4 heterocycles. The lowest BCUT2D eigenvalue weighted by Crippen LogP contribution is -2.49. The molecular weight excluding hydrogens is 921 g/mol. The monoisotopic (exact) mass is 962 g/mol. The highest BCUT2D eigenvalue weighted by Gasteiger charge is 2.68. The molecule has 3 fully saturated rings. The standard InChI is InChI=1S/C51H42ClF3N4O8S/c1-25-34-21-28(52)10-19-41(34)68-45(25)38-24-42(57(3)56-38)59-47(62)37-23-35-32(44(50(37,2)49(59)64)36-22-31(13-17-39(36)60)67-51(53,54)55)15-16-33-43(35)48(63)58(46(33)61)29-11-7-26(8-12-29)6-9-27-20-30(65-4)14-18-40(27)66-5/h6-15,17-22,24,33,35,37,43-44,60H,16,23H2,1-5H3. The van der Waals surface area contributed by atoms with Crippen LogP contribution in [0.25, 0.3) is 32.8 Å². The van der Waals surface area contributed by atoms with Gasteiger partial charge >= 0.3 is 6.36 Å². The summed E-state index contributed by atoms with van der Waals surface area (Å²) in [7, 11) is 4.74. The van der Waals surface area contributed by atoms with Crippen molar-refractivity contribution in [1.29, 1.82) is 0 Å². The van der Waals surface area contributed by atoms with Gasteiger partial charge in [-0.05, 0) is 116 Å². The largest absolute Gasteiger partial charge is 0.573 e. The Morgan fingerprint density at radius 1 is 0.868 bits per heavy atom. The third-order valence-electron chi connectivity index (χ3n) is 14.1. The number of hydrogen-bond acceptors (Lipinski definition) is 10. The van der Waals surface area contributed by atoms with Crippen molar-refractivity contribution in [2.75, 3.05) is 24.0 Å². The van der Waals surface area contributed by atoms with E-state index in [0.717, 1.165) is 59.7 Å². The number of hydrogen-bond donors (Lipinski definition) is 1. The molecule has 4 aliphatic rings. The molecule has 2 aliphatic carbocycles. The number of anilines is 2. The molecule has 6 unspecified atom stereocenters. The summed E-state index contributed by atoms with van der Waals surface area (Å²) in [5.74, 6) is -6.88. The maximum Gasteiger partial charge on any atom is 0.573 e. The number of imide groups is 2. The molecule has 2 aromatic heterocycles. The molecule has 6 aromatic rings. The summed E-state index contributed by atoms with van der Waals surface area (Å²) >= 11 is 7.80. The number of methoxy groups -OCH3 is 2. The number of aryl methyl sites for hydroxylation is 2. The zero-order valence-electron chi connectivity index (χ0n) is 37.1. The minimum atomic E-state index is -5.09. The van der Waals surface area contributed by atoms with Gasteiger partial charge in [0.25, 0.3) is 0 Å². The van der Waals surface area contributed by atoms with Crippen molar-refractivity contribution < 1.29 is 51.7 Å². The Morgan fingerprint density at radius 3 is 2.34 bits per heavy atom. The Balaban J connectivity index is 1.02. The number of alkyl halides is 3. The Hall–Kier alpha value is -6.91. The van der Waals surface area contributed by atoms with Crippen molar-refractivity contribution in [1.82, 2.24) is 9.78 Å². The number of nitrogens with zero attached hydrogens (tertiary/aromatic N) is 4. The molecule has 2 saturated heterocycles. The van der Waals surface area contributed by atoms with Gasteiger partial charge < -0.3 is 19.3 Å². The van der Waals surface area contributed by atoms with Gasteiger partial charge in [-0.25, -0.2) is 4.90 Å². The number of benzene rings is 4. The Kier molecular flexibility index (Phi) is 10.8. The molecule has 1 saturated carbocycles. The molecule has 4 amide bonds. The predicted molar refractivity (Wildman–Crippen MR) is 251 cm³/mol. The van der Waals surface area contributed by atoms with Gasteiger partial charge in [-0.1, -0.05) is 47.5 Å². The number of amides is 4. The maximum absolute atomic E-state index is 15.3. The lowest BCUT2D eigenvalue weighted by molar-refractivity contribution is -0.274. The van der Waals surface area contributed by atoms with Crippen LogP contribution in [0.2, 0.25) is 5.02 Å². The number of carbonyl (C=O) groups is 4. The van der Waals surface area contributed by atoms with Crippen molar-refractivity contribution in [2.24, 2.45) is 36.1 Å². The summed E-state index contributed by atoms with van der Waals surface area (Å²) in [5.41, 5.74) is 1.96. The number of aromatic hydroxyl groups is 1. The first-order valence-corrected chi connectivity index (χ1v) is 22.9. The highest BCUT2D eigenvalue weighted by molar-refractivity contribution is 7.22. The normalized spacial score (nSPS) is 23.6. The average molecular weight is 963 g/mol. The van der Waals surface area contributed by atoms with E-state index in [4.69, 9.17) is 26.2 Å². The molecule has 0 spiro atoms. The van der Waals surface area contributed by atoms with Crippen LogP contribution in [0.4, 0.5) is 24.7 Å². The van der Waals surface area contributed by atoms with E-state index >= 15 is 9.59 Å². The SMILES string of the molecule is COc1ccc(OC)c(C=Cc2ccc(N3C(=O)C4CC=C5C(CC6C(=O)N(c7cc(-c8sc9ccc(Cl)cc9c8C)nn7C)C(=O)C6(C)C5c5cc(OC(F)(F)F)ccc5O)C4C3=O)cc2)c1. The lowest BCUT2D eigenvalue weighted by atomic mass is 9.51. The van der Waals surface area contributed by atoms with Gasteiger partial charge in [0.2, 0.25) is 23.6 Å². The van der Waals surface area contributed by atoms with E-state index in [1.54, 1.807) is 82.8 Å². The zero-order chi connectivity index (χ0) is 48.1. The average Bonchev–Trinajstić information content (AvgIpc) is 3.98. The van der Waals surface area contributed by atoms with E-state index in [1.165, 1.54) is 16.0 Å². The number of aromatic nitrogens is 2. The first kappa shape index (κ1) is 44.9. The number of rotatable bonds is 9. The fraction of sp³-hybridized carbons (Fsp3) is 0.275. The fourth-order valence-electron chi connectivity index (χ4n) is 10.9. The summed E-state index contributed by atoms with van der Waals surface area (Å²) in [6.45, 7) is 3.51. The van der Waals surface area contributed by atoms with Crippen LogP contribution in [0.15, 0.2) is 96.6 Å². The molecule has 0 radical (unpaired) electrons. The van der Waals surface area contributed by atoms with Crippen molar-refractivity contribution in [3.8, 4) is 33.6 Å². The zero-order valence-corrected chi connectivity index (χ0v) is 38.7. The quantitative estimate of drug-likeness (QED) is 0.0852. The summed E-state index contributed by atoms with van der Waals surface area (Å²) in [6, 6.07) is 22.5. The van der Waals surface area contributed by atoms with Crippen LogP contribution in [0.5, 0.6) is 23.0 Å². The summed E-state index contributed by atoms with van der Waals surface area (Å²) in [4.78, 5) is 62.5. The van der Waals surface area contributed by atoms with Gasteiger partial charge in [0.15, 0.2) is 0 Å². The number of ether oxygens (including phenoxy) is 3. The van der Waals surface area contributed by atoms with Crippen LogP contribution in [-0.2, 0) is 26.2 Å². The molecule has 68 heavy (non-hydrogen) atoms. The van der Waals surface area contributed by atoms with E-state index in [-0.39, 0.29) is 24.2 Å². The van der Waals surface area contributed by atoms with Gasteiger partial charge in [0.05, 0.1) is 48.0 Å². The second-order valence-electron chi connectivity index (χ2n) is 17.7. The lowest BCUT2D eigenvalue weighted by Gasteiger charge is -2.49. The number of phenols is 1. The predicted octanol–water partition coefficient (Wildman–Crippen LogP) is 10.5. The van der Waals surface area contributed by atoms with Crippen LogP contribution >= 0.6 is 22.9 Å². The number of allylic oxidation sites excluding steroid dienone is 2. The third kappa shape index (κ3) is 7.14. The fourth-order valence-corrected chi connectivity index (χ4v) is 12.2. The molecule has 12 nitrogen and oxygen atoms in total. The summed E-state index contributed by atoms with van der Waals surface area (Å²) in [5, 5.41) is 17.8. The molecule has 0 bridgehead atoms. The molecule has 10 rings (SSSR count). The van der Waals surface area contributed by atoms with Crippen LogP contribution in [0.1, 0.15) is 47.9 Å². The number of phenolic OH excluding ortho intramolecular Hbond substituents is 1. The van der Waals surface area contributed by atoms with Crippen LogP contribution < -0.4 is 24.0 Å².